The number of nitrogens with zero attached hydrogens (tertiary/aromatic N) is 3. The molecule has 3 aromatic heterocycles. The fraction of sp³-hybridized carbons (Fsp3) is 0.357. The Morgan fingerprint density at radius 1 is 1.37 bits per heavy atom. The van der Waals surface area contributed by atoms with E-state index in [1.807, 2.05) is 11.6 Å². The molecule has 3 heterocycles. The number of aromatic nitrogens is 3. The van der Waals surface area contributed by atoms with Gasteiger partial charge in [0.15, 0.2) is 4.96 Å². The van der Waals surface area contributed by atoms with Crippen molar-refractivity contribution in [3.05, 3.63) is 47.5 Å². The number of thiazole rings is 1. The van der Waals surface area contributed by atoms with Crippen molar-refractivity contribution in [2.24, 2.45) is 5.73 Å². The highest BCUT2D eigenvalue weighted by Crippen LogP contribution is 2.17. The maximum Gasteiger partial charge on any atom is 0.193 e. The van der Waals surface area contributed by atoms with Gasteiger partial charge in [-0.2, -0.15) is 0 Å². The van der Waals surface area contributed by atoms with Crippen LogP contribution in [0.25, 0.3) is 4.96 Å². The zero-order valence-corrected chi connectivity index (χ0v) is 11.8. The molecule has 0 fully saturated rings. The Kier molecular flexibility index (Phi) is 3.40. The molecule has 4 nitrogen and oxygen atoms in total. The van der Waals surface area contributed by atoms with Crippen LogP contribution in [0.4, 0.5) is 0 Å². The van der Waals surface area contributed by atoms with Gasteiger partial charge in [-0.15, -0.1) is 11.3 Å². The van der Waals surface area contributed by atoms with Gasteiger partial charge >= 0.3 is 0 Å². The van der Waals surface area contributed by atoms with Crippen molar-refractivity contribution in [2.75, 3.05) is 0 Å². The van der Waals surface area contributed by atoms with Crippen molar-refractivity contribution in [1.82, 2.24) is 14.0 Å². The summed E-state index contributed by atoms with van der Waals surface area (Å²) in [7, 11) is 0. The lowest BCUT2D eigenvalue weighted by atomic mass is 10.1. The fourth-order valence-electron chi connectivity index (χ4n) is 2.29. The van der Waals surface area contributed by atoms with Gasteiger partial charge in [-0.05, 0) is 18.1 Å². The van der Waals surface area contributed by atoms with Crippen LogP contribution in [0.3, 0.4) is 0 Å². The largest absolute Gasteiger partial charge is 0.348 e. The highest BCUT2D eigenvalue weighted by Gasteiger charge is 2.08. The number of fused-ring (bicyclic) bond motifs is 1. The van der Waals surface area contributed by atoms with Crippen molar-refractivity contribution in [3.8, 4) is 0 Å². The summed E-state index contributed by atoms with van der Waals surface area (Å²) < 4.78 is 4.21. The molecule has 0 radical (unpaired) electrons. The summed E-state index contributed by atoms with van der Waals surface area (Å²) in [6.45, 7) is 2.96. The fourth-order valence-corrected chi connectivity index (χ4v) is 3.01. The first-order chi connectivity index (χ1) is 9.26. The van der Waals surface area contributed by atoms with Gasteiger partial charge in [-0.1, -0.05) is 13.3 Å². The SMILES string of the molecule is CCCC(N)c1ccn(Cc2cn3ccsc3n2)c1. The average Bonchev–Trinajstić information content (AvgIpc) is 3.04. The first-order valence-corrected chi connectivity index (χ1v) is 7.46. The van der Waals surface area contributed by atoms with E-state index in [4.69, 9.17) is 5.73 Å². The van der Waals surface area contributed by atoms with Crippen molar-refractivity contribution < 1.29 is 0 Å². The van der Waals surface area contributed by atoms with Gasteiger partial charge in [0.1, 0.15) is 0 Å². The molecule has 0 aromatic carbocycles. The minimum atomic E-state index is 0.150. The van der Waals surface area contributed by atoms with Gasteiger partial charge in [0.2, 0.25) is 0 Å². The van der Waals surface area contributed by atoms with Crippen LogP contribution >= 0.6 is 11.3 Å². The minimum Gasteiger partial charge on any atom is -0.348 e. The molecule has 0 amide bonds. The Morgan fingerprint density at radius 2 is 2.26 bits per heavy atom. The van der Waals surface area contributed by atoms with E-state index >= 15 is 0 Å². The molecular formula is C14H18N4S. The van der Waals surface area contributed by atoms with E-state index in [1.54, 1.807) is 11.3 Å². The van der Waals surface area contributed by atoms with Crippen LogP contribution in [0.15, 0.2) is 36.2 Å². The van der Waals surface area contributed by atoms with Gasteiger partial charge in [0.25, 0.3) is 0 Å². The molecule has 2 N–H and O–H groups in total. The van der Waals surface area contributed by atoms with E-state index < -0.39 is 0 Å². The summed E-state index contributed by atoms with van der Waals surface area (Å²) in [5.41, 5.74) is 8.42. The third kappa shape index (κ3) is 2.57. The summed E-state index contributed by atoms with van der Waals surface area (Å²) in [5, 5.41) is 2.05. The molecule has 0 aliphatic heterocycles. The molecule has 0 saturated carbocycles. The number of hydrogen-bond donors (Lipinski definition) is 1. The summed E-state index contributed by atoms with van der Waals surface area (Å²) in [4.78, 5) is 5.63. The second-order valence-electron chi connectivity index (χ2n) is 4.84. The third-order valence-corrected chi connectivity index (χ3v) is 4.06. The predicted molar refractivity (Wildman–Crippen MR) is 78.4 cm³/mol. The van der Waals surface area contributed by atoms with Gasteiger partial charge in [-0.25, -0.2) is 4.98 Å². The Hall–Kier alpha value is -1.59. The molecule has 0 aliphatic rings. The van der Waals surface area contributed by atoms with E-state index in [0.717, 1.165) is 30.0 Å². The van der Waals surface area contributed by atoms with Crippen LogP contribution in [-0.4, -0.2) is 14.0 Å². The molecule has 5 heteroatoms. The number of rotatable bonds is 5. The quantitative estimate of drug-likeness (QED) is 0.777. The molecule has 0 bridgehead atoms. The number of imidazole rings is 1. The molecule has 3 aromatic rings. The maximum atomic E-state index is 6.13. The third-order valence-electron chi connectivity index (χ3n) is 3.29. The van der Waals surface area contributed by atoms with Gasteiger partial charge < -0.3 is 10.3 Å². The first kappa shape index (κ1) is 12.4. The molecule has 1 unspecified atom stereocenters. The highest BCUT2D eigenvalue weighted by atomic mass is 32.1. The average molecular weight is 274 g/mol. The second-order valence-corrected chi connectivity index (χ2v) is 5.71. The van der Waals surface area contributed by atoms with E-state index in [-0.39, 0.29) is 6.04 Å². The normalized spacial score (nSPS) is 13.2. The molecule has 0 spiro atoms. The molecule has 3 rings (SSSR count). The Bertz CT molecular complexity index is 635. The van der Waals surface area contributed by atoms with Crippen molar-refractivity contribution in [2.45, 2.75) is 32.4 Å². The topological polar surface area (TPSA) is 48.2 Å². The van der Waals surface area contributed by atoms with Crippen LogP contribution in [0.5, 0.6) is 0 Å². The maximum absolute atomic E-state index is 6.13. The highest BCUT2D eigenvalue weighted by molar-refractivity contribution is 7.15. The summed E-state index contributed by atoms with van der Waals surface area (Å²) in [6, 6.07) is 2.26. The van der Waals surface area contributed by atoms with Gasteiger partial charge in [0.05, 0.1) is 12.2 Å². The Morgan fingerprint density at radius 3 is 3.05 bits per heavy atom. The van der Waals surface area contributed by atoms with E-state index in [0.29, 0.717) is 0 Å². The van der Waals surface area contributed by atoms with Gasteiger partial charge in [0, 0.05) is 36.2 Å². The smallest absolute Gasteiger partial charge is 0.193 e. The molecule has 0 aliphatic carbocycles. The molecule has 1 atom stereocenters. The van der Waals surface area contributed by atoms with Crippen LogP contribution in [-0.2, 0) is 6.54 Å². The zero-order valence-electron chi connectivity index (χ0n) is 11.0. The second kappa shape index (κ2) is 5.19. The van der Waals surface area contributed by atoms with Crippen LogP contribution in [0.2, 0.25) is 0 Å². The molecular weight excluding hydrogens is 256 g/mol. The molecule has 19 heavy (non-hydrogen) atoms. The number of nitrogens with two attached hydrogens (primary N) is 1. The van der Waals surface area contributed by atoms with Crippen LogP contribution in [0.1, 0.15) is 37.1 Å². The van der Waals surface area contributed by atoms with Crippen molar-refractivity contribution >= 4 is 16.3 Å². The minimum absolute atomic E-state index is 0.150. The number of hydrogen-bond acceptors (Lipinski definition) is 3. The molecule has 0 saturated heterocycles. The van der Waals surface area contributed by atoms with E-state index in [9.17, 15) is 0 Å². The summed E-state index contributed by atoms with van der Waals surface area (Å²) >= 11 is 1.66. The van der Waals surface area contributed by atoms with E-state index in [2.05, 4.69) is 45.5 Å². The van der Waals surface area contributed by atoms with Crippen LogP contribution in [0, 0.1) is 0 Å². The lowest BCUT2D eigenvalue weighted by Gasteiger charge is -2.07. The predicted octanol–water partition coefficient (Wildman–Crippen LogP) is 3.05. The lowest BCUT2D eigenvalue weighted by molar-refractivity contribution is 0.635. The first-order valence-electron chi connectivity index (χ1n) is 6.58. The monoisotopic (exact) mass is 274 g/mol. The summed E-state index contributed by atoms with van der Waals surface area (Å²) in [5.74, 6) is 0. The standard InChI is InChI=1S/C14H18N4S/c1-2-3-13(15)11-4-5-17(8-11)9-12-10-18-6-7-19-14(18)16-12/h4-8,10,13H,2-3,9,15H2,1H3. The van der Waals surface area contributed by atoms with E-state index in [1.165, 1.54) is 5.56 Å². The Balaban J connectivity index is 1.74. The van der Waals surface area contributed by atoms with Crippen LogP contribution < -0.4 is 5.73 Å². The van der Waals surface area contributed by atoms with Gasteiger partial charge in [-0.3, -0.25) is 4.40 Å². The lowest BCUT2D eigenvalue weighted by Crippen LogP contribution is -2.08. The Labute approximate surface area is 116 Å². The molecule has 100 valence electrons. The van der Waals surface area contributed by atoms with Crippen molar-refractivity contribution in [1.29, 1.82) is 0 Å². The summed E-state index contributed by atoms with van der Waals surface area (Å²) in [6.07, 6.45) is 10.5. The van der Waals surface area contributed by atoms with Crippen molar-refractivity contribution in [3.63, 3.8) is 0 Å². The zero-order chi connectivity index (χ0) is 13.2.